The quantitative estimate of drug-likeness (QED) is 0.0661. The Morgan fingerprint density at radius 1 is 0.378 bits per heavy atom. The summed E-state index contributed by atoms with van der Waals surface area (Å²) in [5, 5.41) is 18.1. The van der Waals surface area contributed by atoms with Crippen LogP contribution in [0.2, 0.25) is 0 Å². The Bertz CT molecular complexity index is 5210. The Kier molecular flexibility index (Phi) is 33.3. The molecule has 2 radical (unpaired) electrons. The molecule has 3 N–H and O–H groups in total. The number of benzene rings is 7. The summed E-state index contributed by atoms with van der Waals surface area (Å²) in [5.74, 6) is 1.66. The van der Waals surface area contributed by atoms with E-state index in [9.17, 15) is 13.2 Å². The fourth-order valence-electron chi connectivity index (χ4n) is 11.1. The SMILES string of the molecule is CC(C)c1c[c-]c(-c2ccccn2)cc1.CC(C)c1c[c-]c(-c2ccccn2)cc1.CC(C)c1c[c-]c(-c2ccccn2)cc1.CO.CO.Cc1ccc2c(n1)oc1c(-c3cc(-c4ccccc4)ccn3)[c-]ccc12.Cc1ccc2c(n1)oc1c(-c3cc(-c4ccccc4)ccn3)cccc12.O=S(=O)(O)C(F)(F)F.[Ir].[Ir]. The largest absolute Gasteiger partial charge is 0.522 e. The second kappa shape index (κ2) is 42.3. The van der Waals surface area contributed by atoms with Crippen molar-refractivity contribution in [3.63, 3.8) is 0 Å². The molecule has 16 aromatic rings. The van der Waals surface area contributed by atoms with E-state index in [1.54, 1.807) is 18.6 Å². The van der Waals surface area contributed by atoms with Crippen LogP contribution in [0.3, 0.4) is 0 Å². The van der Waals surface area contributed by atoms with Crippen LogP contribution in [0.5, 0.6) is 0 Å². The second-order valence-corrected chi connectivity index (χ2v) is 26.7. The molecule has 0 aliphatic rings. The van der Waals surface area contributed by atoms with Crippen molar-refractivity contribution in [1.29, 1.82) is 0 Å². The van der Waals surface area contributed by atoms with Crippen molar-refractivity contribution in [2.75, 3.05) is 14.2 Å². The van der Waals surface area contributed by atoms with E-state index in [1.165, 1.54) is 22.3 Å². The minimum Gasteiger partial charge on any atom is -0.486 e. The summed E-state index contributed by atoms with van der Waals surface area (Å²) in [6, 6.07) is 96.8. The smallest absolute Gasteiger partial charge is 0.486 e. The van der Waals surface area contributed by atoms with Gasteiger partial charge in [0.1, 0.15) is 5.58 Å². The van der Waals surface area contributed by atoms with Gasteiger partial charge < -0.3 is 39.0 Å². The molecule has 0 saturated carbocycles. The van der Waals surface area contributed by atoms with Crippen LogP contribution in [0.1, 0.15) is 87.4 Å². The first kappa shape index (κ1) is 87.3. The molecular weight excluding hydrogens is 1780 g/mol. The fourth-order valence-corrected chi connectivity index (χ4v) is 11.1. The van der Waals surface area contributed by atoms with Crippen LogP contribution in [0.4, 0.5) is 13.2 Å². The van der Waals surface area contributed by atoms with Crippen molar-refractivity contribution < 1.29 is 85.4 Å². The summed E-state index contributed by atoms with van der Waals surface area (Å²) in [6.45, 7) is 17.0. The molecule has 20 heteroatoms. The molecule has 0 fully saturated rings. The van der Waals surface area contributed by atoms with Gasteiger partial charge in [0.05, 0.1) is 11.3 Å². The van der Waals surface area contributed by atoms with E-state index in [2.05, 4.69) is 216 Å². The summed E-state index contributed by atoms with van der Waals surface area (Å²) in [7, 11) is -3.84. The molecule has 572 valence electrons. The van der Waals surface area contributed by atoms with E-state index in [1.807, 2.05) is 160 Å². The van der Waals surface area contributed by atoms with Crippen LogP contribution in [-0.2, 0) is 50.3 Å². The van der Waals surface area contributed by atoms with Gasteiger partial charge in [0.15, 0.2) is 0 Å². The number of nitrogens with zero attached hydrogens (tertiary/aromatic N) is 7. The number of rotatable bonds is 10. The maximum absolute atomic E-state index is 10.7. The average Bonchev–Trinajstić information content (AvgIpc) is 1.62. The molecule has 0 aliphatic carbocycles. The van der Waals surface area contributed by atoms with Crippen molar-refractivity contribution in [3.8, 4) is 78.5 Å². The first-order valence-corrected chi connectivity index (χ1v) is 36.3. The third kappa shape index (κ3) is 23.8. The summed E-state index contributed by atoms with van der Waals surface area (Å²) in [5.41, 5.74) is 17.5. The molecule has 0 amide bonds. The van der Waals surface area contributed by atoms with Gasteiger partial charge >= 0.3 is 15.6 Å². The first-order chi connectivity index (χ1) is 52.6. The second-order valence-electron chi connectivity index (χ2n) is 25.3. The molecule has 0 bridgehead atoms. The number of hydrogen-bond donors (Lipinski definition) is 3. The van der Waals surface area contributed by atoms with Crippen molar-refractivity contribution in [1.82, 2.24) is 34.9 Å². The molecule has 0 saturated heterocycles. The predicted molar refractivity (Wildman–Crippen MR) is 430 cm³/mol. The molecule has 9 heterocycles. The molecule has 7 aromatic carbocycles. The summed E-state index contributed by atoms with van der Waals surface area (Å²) in [6.07, 6.45) is 9.09. The van der Waals surface area contributed by atoms with Crippen LogP contribution in [0, 0.1) is 38.1 Å². The molecule has 0 atom stereocenters. The molecule has 0 spiro atoms. The fraction of sp³-hybridized carbons (Fsp3) is 0.154. The minimum absolute atomic E-state index is 0. The number of furan rings is 2. The van der Waals surface area contributed by atoms with E-state index in [4.69, 9.17) is 32.0 Å². The molecule has 14 nitrogen and oxygen atoms in total. The van der Waals surface area contributed by atoms with Gasteiger partial charge in [-0.1, -0.05) is 186 Å². The number of pyridine rings is 7. The van der Waals surface area contributed by atoms with Gasteiger partial charge in [-0.05, 0) is 126 Å². The van der Waals surface area contributed by atoms with Gasteiger partial charge in [-0.25, -0.2) is 9.97 Å². The Morgan fingerprint density at radius 3 is 1.12 bits per heavy atom. The number of aryl methyl sites for hydroxylation is 2. The molecule has 9 aromatic heterocycles. The van der Waals surface area contributed by atoms with Crippen LogP contribution < -0.4 is 0 Å². The number of aliphatic hydroxyl groups excluding tert-OH is 2. The average molecular weight is 1860 g/mol. The molecule has 0 unspecified atom stereocenters. The maximum Gasteiger partial charge on any atom is 0.522 e. The Labute approximate surface area is 673 Å². The van der Waals surface area contributed by atoms with Gasteiger partial charge in [0, 0.05) is 119 Å². The van der Waals surface area contributed by atoms with Crippen molar-refractivity contribution in [3.05, 3.63) is 332 Å². The zero-order chi connectivity index (χ0) is 78.0. The topological polar surface area (TPSA) is 211 Å². The number of para-hydroxylation sites is 1. The monoisotopic (exact) mass is 1860 g/mol. The van der Waals surface area contributed by atoms with E-state index in [-0.39, 0.29) is 40.2 Å². The number of hydrogen-bond acceptors (Lipinski definition) is 13. The van der Waals surface area contributed by atoms with Crippen LogP contribution >= 0.6 is 0 Å². The number of halogens is 3. The predicted octanol–water partition coefficient (Wildman–Crippen LogP) is 22.5. The van der Waals surface area contributed by atoms with E-state index in [0.29, 0.717) is 29.2 Å². The number of alkyl halides is 3. The minimum atomic E-state index is -5.84. The van der Waals surface area contributed by atoms with Crippen LogP contribution in [0.25, 0.3) is 123 Å². The summed E-state index contributed by atoms with van der Waals surface area (Å²) >= 11 is 0. The van der Waals surface area contributed by atoms with Crippen LogP contribution in [-0.4, -0.2) is 77.8 Å². The standard InChI is InChI=1S/C23H16N2O.C23H15N2O.3C14H14N.CHF3O3S.2CH4O.2Ir/c2*1-15-10-11-19-18-8-5-9-20(22(18)26-23(19)25-15)21-14-17(12-13-24-21)16-6-3-2-4-7-16;3*1-11(2)12-6-8-13(9-7-12)14-5-3-4-10-15-14;2-1(3,4)8(5,6)7;2*1-2;;/h2-14H,1H3;2-8,10-14H,1H3;3*3-8,10-11H,1-2H3;(H,5,6,7);2*2H,1H3;;/q;4*-1;;;;;. The first-order valence-electron chi connectivity index (χ1n) is 34.9. The third-order valence-corrected chi connectivity index (χ3v) is 17.4. The Morgan fingerprint density at radius 2 is 0.748 bits per heavy atom. The Balaban J connectivity index is 0.000000189. The number of aliphatic hydroxyl groups is 2. The maximum atomic E-state index is 10.7. The molecule has 16 rings (SSSR count). The van der Waals surface area contributed by atoms with Gasteiger partial charge in [-0.2, -0.15) is 21.6 Å². The number of aromatic nitrogens is 7. The van der Waals surface area contributed by atoms with Crippen molar-refractivity contribution in [2.45, 2.75) is 78.7 Å². The van der Waals surface area contributed by atoms with E-state index < -0.39 is 15.6 Å². The third-order valence-electron chi connectivity index (χ3n) is 16.8. The van der Waals surface area contributed by atoms with E-state index >= 15 is 0 Å². The van der Waals surface area contributed by atoms with Gasteiger partial charge in [-0.3, -0.25) is 9.54 Å². The Hall–Kier alpha value is -10.9. The summed E-state index contributed by atoms with van der Waals surface area (Å²) in [4.78, 5) is 31.1. The molecular formula is C91H82F3Ir2N7O7S-4. The number of fused-ring (bicyclic) bond motifs is 6. The van der Waals surface area contributed by atoms with Crippen LogP contribution in [0.15, 0.2) is 289 Å². The molecule has 0 aliphatic heterocycles. The van der Waals surface area contributed by atoms with E-state index in [0.717, 1.165) is 131 Å². The summed E-state index contributed by atoms with van der Waals surface area (Å²) < 4.78 is 69.7. The van der Waals surface area contributed by atoms with Gasteiger partial charge in [0.25, 0.3) is 0 Å². The van der Waals surface area contributed by atoms with Crippen molar-refractivity contribution in [2.24, 2.45) is 0 Å². The van der Waals surface area contributed by atoms with Crippen molar-refractivity contribution >= 4 is 54.3 Å². The van der Waals surface area contributed by atoms with Gasteiger partial charge in [-0.15, -0.1) is 124 Å². The normalized spacial score (nSPS) is 10.7. The zero-order valence-electron chi connectivity index (χ0n) is 62.6. The zero-order valence-corrected chi connectivity index (χ0v) is 68.2. The van der Waals surface area contributed by atoms with Gasteiger partial charge in [0.2, 0.25) is 11.4 Å². The molecule has 111 heavy (non-hydrogen) atoms.